The van der Waals surface area contributed by atoms with Crippen LogP contribution in [0.15, 0.2) is 70.5 Å². The number of hydrogen-bond donors (Lipinski definition) is 2. The molecular formula is C23H26FNO6S2. The van der Waals surface area contributed by atoms with Gasteiger partial charge in [-0.3, -0.25) is 4.55 Å². The lowest BCUT2D eigenvalue weighted by atomic mass is 10.0. The summed E-state index contributed by atoms with van der Waals surface area (Å²) in [6, 6.07) is 15.5. The van der Waals surface area contributed by atoms with Crippen LogP contribution in [0.5, 0.6) is 0 Å². The summed E-state index contributed by atoms with van der Waals surface area (Å²) in [4.78, 5) is -0.349. The Hall–Kier alpha value is -2.37. The average molecular weight is 496 g/mol. The monoisotopic (exact) mass is 495 g/mol. The predicted molar refractivity (Wildman–Crippen MR) is 123 cm³/mol. The Labute approximate surface area is 193 Å². The van der Waals surface area contributed by atoms with Gasteiger partial charge in [0.25, 0.3) is 20.1 Å². The van der Waals surface area contributed by atoms with Crippen molar-refractivity contribution in [3.63, 3.8) is 0 Å². The van der Waals surface area contributed by atoms with Crippen LogP contribution in [0.4, 0.5) is 4.48 Å². The lowest BCUT2D eigenvalue weighted by molar-refractivity contribution is 0.136. The molecule has 33 heavy (non-hydrogen) atoms. The van der Waals surface area contributed by atoms with Crippen molar-refractivity contribution in [3.05, 3.63) is 71.8 Å². The van der Waals surface area contributed by atoms with Gasteiger partial charge in [-0.1, -0.05) is 49.4 Å². The molecule has 178 valence electrons. The first-order valence-electron chi connectivity index (χ1n) is 10.4. The normalized spacial score (nSPS) is 13.5. The minimum Gasteiger partial charge on any atom is -0.396 e. The van der Waals surface area contributed by atoms with E-state index >= 15 is 0 Å². The van der Waals surface area contributed by atoms with Crippen LogP contribution in [0.3, 0.4) is 0 Å². The van der Waals surface area contributed by atoms with Gasteiger partial charge >= 0.3 is 0 Å². The Kier molecular flexibility index (Phi) is 7.86. The zero-order chi connectivity index (χ0) is 24.2. The van der Waals surface area contributed by atoms with Crippen molar-refractivity contribution in [2.24, 2.45) is 0 Å². The molecule has 0 aromatic heterocycles. The van der Waals surface area contributed by atoms with Crippen molar-refractivity contribution in [3.8, 4) is 11.1 Å². The molecule has 0 bridgehead atoms. The Morgan fingerprint density at radius 2 is 1.58 bits per heavy atom. The summed E-state index contributed by atoms with van der Waals surface area (Å²) in [6.45, 7) is 1.42. The van der Waals surface area contributed by atoms with E-state index in [9.17, 15) is 31.0 Å². The molecule has 0 saturated heterocycles. The molecule has 0 radical (unpaired) electrons. The molecule has 7 nitrogen and oxygen atoms in total. The lowest BCUT2D eigenvalue weighted by Gasteiger charge is -2.12. The number of aliphatic hydroxyl groups excluding tert-OH is 1. The number of hydrogen-bond acceptors (Lipinski definition) is 5. The fraction of sp³-hybridized carbons (Fsp3) is 0.304. The molecule has 3 rings (SSSR count). The van der Waals surface area contributed by atoms with Crippen LogP contribution in [0, 0.1) is 0 Å². The molecule has 0 aliphatic heterocycles. The van der Waals surface area contributed by atoms with Gasteiger partial charge in [0, 0.05) is 24.6 Å². The zero-order valence-corrected chi connectivity index (χ0v) is 19.7. The van der Waals surface area contributed by atoms with Crippen molar-refractivity contribution in [2.45, 2.75) is 41.9 Å². The summed E-state index contributed by atoms with van der Waals surface area (Å²) in [5.74, 6) is -0.152. The van der Waals surface area contributed by atoms with E-state index < -0.39 is 20.1 Å². The number of rotatable bonds is 10. The molecule has 0 spiro atoms. The summed E-state index contributed by atoms with van der Waals surface area (Å²) in [6.07, 6.45) is 0.968. The lowest BCUT2D eigenvalue weighted by Crippen LogP contribution is -2.24. The van der Waals surface area contributed by atoms with Gasteiger partial charge in [0.05, 0.1) is 4.90 Å². The molecule has 1 aromatic rings. The highest BCUT2D eigenvalue weighted by molar-refractivity contribution is 7.89. The Balaban J connectivity index is 1.76. The number of nitrogens with zero attached hydrogens (tertiary/aromatic N) is 1. The molecule has 1 aromatic carbocycles. The first-order valence-corrected chi connectivity index (χ1v) is 13.3. The van der Waals surface area contributed by atoms with E-state index in [0.717, 1.165) is 5.56 Å². The number of sulfonamides is 1. The smallest absolute Gasteiger partial charge is 0.295 e. The van der Waals surface area contributed by atoms with E-state index in [-0.39, 0.29) is 39.8 Å². The quantitative estimate of drug-likeness (QED) is 0.250. The third kappa shape index (κ3) is 5.77. The van der Waals surface area contributed by atoms with E-state index in [4.69, 9.17) is 0 Å². The number of aryl methyl sites for hydroxylation is 1. The van der Waals surface area contributed by atoms with E-state index in [1.165, 1.54) is 30.3 Å². The molecule has 0 saturated carbocycles. The van der Waals surface area contributed by atoms with Crippen LogP contribution >= 0.6 is 0 Å². The number of aliphatic hydroxyl groups is 1. The second-order valence-corrected chi connectivity index (χ2v) is 11.1. The van der Waals surface area contributed by atoms with E-state index in [0.29, 0.717) is 29.5 Å². The van der Waals surface area contributed by atoms with Crippen molar-refractivity contribution >= 4 is 20.1 Å². The highest BCUT2D eigenvalue weighted by Crippen LogP contribution is 2.36. The molecule has 10 heteroatoms. The van der Waals surface area contributed by atoms with Gasteiger partial charge < -0.3 is 5.11 Å². The fourth-order valence-electron chi connectivity index (χ4n) is 3.64. The second-order valence-electron chi connectivity index (χ2n) is 7.87. The Morgan fingerprint density at radius 3 is 2.18 bits per heavy atom. The molecule has 1 unspecified atom stereocenters. The van der Waals surface area contributed by atoms with Gasteiger partial charge in [-0.25, -0.2) is 8.42 Å². The Morgan fingerprint density at radius 1 is 0.939 bits per heavy atom. The van der Waals surface area contributed by atoms with Gasteiger partial charge in [-0.2, -0.15) is 8.42 Å². The SMILES string of the molecule is CC(CO)c1ccc2c(CCCCN(F)S(=O)(=O)c3ccccc3)cc(S(=O)(=O)O)c-2cc1. The molecule has 0 fully saturated rings. The minimum absolute atomic E-state index is 0.0716. The fourth-order valence-corrected chi connectivity index (χ4v) is 5.48. The van der Waals surface area contributed by atoms with E-state index in [2.05, 4.69) is 0 Å². The molecule has 2 aliphatic carbocycles. The summed E-state index contributed by atoms with van der Waals surface area (Å²) < 4.78 is 72.1. The third-order valence-electron chi connectivity index (χ3n) is 5.54. The van der Waals surface area contributed by atoms with Crippen LogP contribution in [0.1, 0.15) is 36.8 Å². The topological polar surface area (TPSA) is 112 Å². The maximum absolute atomic E-state index is 14.3. The van der Waals surface area contributed by atoms with E-state index in [1.807, 2.05) is 6.92 Å². The first-order chi connectivity index (χ1) is 15.6. The van der Waals surface area contributed by atoms with Crippen molar-refractivity contribution in [1.82, 2.24) is 4.53 Å². The summed E-state index contributed by atoms with van der Waals surface area (Å²) >= 11 is 0. The van der Waals surface area contributed by atoms with E-state index in [1.54, 1.807) is 30.3 Å². The van der Waals surface area contributed by atoms with Gasteiger partial charge in [0.1, 0.15) is 4.90 Å². The molecule has 2 aliphatic rings. The number of benzene rings is 1. The Bertz CT molecular complexity index is 1280. The van der Waals surface area contributed by atoms with Crippen molar-refractivity contribution < 1.29 is 31.0 Å². The highest BCUT2D eigenvalue weighted by atomic mass is 32.2. The van der Waals surface area contributed by atoms with Crippen molar-refractivity contribution in [2.75, 3.05) is 13.2 Å². The average Bonchev–Trinajstić information content (AvgIpc) is 3.00. The van der Waals surface area contributed by atoms with Crippen molar-refractivity contribution in [1.29, 1.82) is 0 Å². The molecule has 2 N–H and O–H groups in total. The number of unbranched alkanes of at least 4 members (excludes halogenated alkanes) is 1. The number of fused-ring (bicyclic) bond motifs is 1. The third-order valence-corrected chi connectivity index (χ3v) is 8.01. The van der Waals surface area contributed by atoms with Crippen LogP contribution in [0.2, 0.25) is 0 Å². The summed E-state index contributed by atoms with van der Waals surface area (Å²) in [5, 5.41) is 9.40. The second kappa shape index (κ2) is 10.3. The maximum Gasteiger partial charge on any atom is 0.295 e. The maximum atomic E-state index is 14.3. The molecule has 0 heterocycles. The van der Waals surface area contributed by atoms with Gasteiger partial charge in [0.15, 0.2) is 0 Å². The van der Waals surface area contributed by atoms with Gasteiger partial charge in [0.2, 0.25) is 0 Å². The zero-order valence-electron chi connectivity index (χ0n) is 18.1. The molecular weight excluding hydrogens is 469 g/mol. The van der Waals surface area contributed by atoms with Crippen LogP contribution in [-0.2, 0) is 26.6 Å². The highest BCUT2D eigenvalue weighted by Gasteiger charge is 2.25. The number of halogens is 1. The van der Waals surface area contributed by atoms with Gasteiger partial charge in [-0.15, -0.1) is 4.48 Å². The van der Waals surface area contributed by atoms with Crippen LogP contribution < -0.4 is 0 Å². The van der Waals surface area contributed by atoms with Crippen LogP contribution in [0.25, 0.3) is 11.1 Å². The first kappa shape index (κ1) is 25.3. The van der Waals surface area contributed by atoms with Crippen LogP contribution in [-0.4, -0.2) is 44.2 Å². The molecule has 1 atom stereocenters. The summed E-state index contributed by atoms with van der Waals surface area (Å²) in [5.41, 5.74) is 2.42. The molecule has 0 amide bonds. The summed E-state index contributed by atoms with van der Waals surface area (Å²) in [7, 11) is -8.69. The largest absolute Gasteiger partial charge is 0.396 e. The predicted octanol–water partition coefficient (Wildman–Crippen LogP) is 4.03. The van der Waals surface area contributed by atoms with Gasteiger partial charge in [-0.05, 0) is 58.7 Å². The standard InChI is InChI=1S/C23H26FNO6S2/c1-17(16-26)18-10-12-21-19(15-23(33(29,30)31)22(21)13-11-18)7-5-6-14-25(24)32(27,28)20-8-3-2-4-9-20/h2-4,8-13,15,17,26H,5-7,14,16H2,1H3,(H,29,30,31). The minimum atomic E-state index is -4.47.